The standard InChI is InChI=1S/C16H19NO2S/c1-11(13-7-5-9-19-13)17-16(18)15-10-12-6-3-2-4-8-14(12)20-15/h5,7,9-11H,2-4,6,8H2,1H3,(H,17,18)/t11-/m0/s1. The van der Waals surface area contributed by atoms with Crippen LogP contribution in [0.5, 0.6) is 0 Å². The molecule has 1 N–H and O–H groups in total. The summed E-state index contributed by atoms with van der Waals surface area (Å²) in [5.41, 5.74) is 1.38. The van der Waals surface area contributed by atoms with Gasteiger partial charge in [0.25, 0.3) is 5.91 Å². The van der Waals surface area contributed by atoms with Gasteiger partial charge in [-0.2, -0.15) is 0 Å². The van der Waals surface area contributed by atoms with Gasteiger partial charge in [-0.1, -0.05) is 6.42 Å². The van der Waals surface area contributed by atoms with Crippen LogP contribution in [0.15, 0.2) is 28.9 Å². The SMILES string of the molecule is C[C@H](NC(=O)c1cc2c(s1)CCCCC2)c1ccco1. The minimum absolute atomic E-state index is 0.00646. The number of furan rings is 1. The van der Waals surface area contributed by atoms with Crippen LogP contribution < -0.4 is 5.32 Å². The van der Waals surface area contributed by atoms with Crippen LogP contribution in [-0.4, -0.2) is 5.91 Å². The van der Waals surface area contributed by atoms with Gasteiger partial charge >= 0.3 is 0 Å². The van der Waals surface area contributed by atoms with E-state index in [9.17, 15) is 4.79 Å². The molecule has 1 atom stereocenters. The first-order valence-corrected chi connectivity index (χ1v) is 8.01. The number of hydrogen-bond donors (Lipinski definition) is 1. The van der Waals surface area contributed by atoms with E-state index in [4.69, 9.17) is 4.42 Å². The van der Waals surface area contributed by atoms with Crippen LogP contribution in [0.3, 0.4) is 0 Å². The number of nitrogens with one attached hydrogen (secondary N) is 1. The molecule has 2 heterocycles. The van der Waals surface area contributed by atoms with Crippen molar-refractivity contribution < 1.29 is 9.21 Å². The fourth-order valence-electron chi connectivity index (χ4n) is 2.66. The van der Waals surface area contributed by atoms with Crippen molar-refractivity contribution in [3.8, 4) is 0 Å². The van der Waals surface area contributed by atoms with E-state index in [1.807, 2.05) is 19.1 Å². The average molecular weight is 289 g/mol. The first kappa shape index (κ1) is 13.4. The zero-order chi connectivity index (χ0) is 13.9. The molecule has 2 aromatic heterocycles. The van der Waals surface area contributed by atoms with Gasteiger partial charge in [0, 0.05) is 4.88 Å². The van der Waals surface area contributed by atoms with Gasteiger partial charge in [-0.15, -0.1) is 11.3 Å². The van der Waals surface area contributed by atoms with Gasteiger partial charge in [-0.3, -0.25) is 4.79 Å². The lowest BCUT2D eigenvalue weighted by Crippen LogP contribution is -2.25. The van der Waals surface area contributed by atoms with E-state index in [2.05, 4.69) is 11.4 Å². The number of rotatable bonds is 3. The monoisotopic (exact) mass is 289 g/mol. The largest absolute Gasteiger partial charge is 0.467 e. The molecule has 0 spiro atoms. The Morgan fingerprint density at radius 3 is 3.00 bits per heavy atom. The summed E-state index contributed by atoms with van der Waals surface area (Å²) >= 11 is 1.65. The first-order chi connectivity index (χ1) is 9.74. The van der Waals surface area contributed by atoms with Crippen LogP contribution >= 0.6 is 11.3 Å². The molecule has 2 aromatic rings. The van der Waals surface area contributed by atoms with Gasteiger partial charge in [0.15, 0.2) is 0 Å². The predicted molar refractivity (Wildman–Crippen MR) is 80.2 cm³/mol. The summed E-state index contributed by atoms with van der Waals surface area (Å²) in [6, 6.07) is 5.70. The second-order valence-electron chi connectivity index (χ2n) is 5.33. The van der Waals surface area contributed by atoms with Gasteiger partial charge in [-0.05, 0) is 56.4 Å². The fourth-order valence-corrected chi connectivity index (χ4v) is 3.81. The van der Waals surface area contributed by atoms with Crippen LogP contribution in [0, 0.1) is 0 Å². The maximum Gasteiger partial charge on any atom is 0.261 e. The Morgan fingerprint density at radius 2 is 2.20 bits per heavy atom. The summed E-state index contributed by atoms with van der Waals surface area (Å²) in [5.74, 6) is 0.795. The number of hydrogen-bond acceptors (Lipinski definition) is 3. The van der Waals surface area contributed by atoms with E-state index < -0.39 is 0 Å². The highest BCUT2D eigenvalue weighted by Gasteiger charge is 2.18. The van der Waals surface area contributed by atoms with E-state index in [-0.39, 0.29) is 11.9 Å². The Morgan fingerprint density at radius 1 is 1.35 bits per heavy atom. The van der Waals surface area contributed by atoms with Crippen LogP contribution in [0.1, 0.15) is 58.1 Å². The van der Waals surface area contributed by atoms with E-state index in [0.717, 1.165) is 23.5 Å². The maximum absolute atomic E-state index is 12.3. The van der Waals surface area contributed by atoms with Gasteiger partial charge < -0.3 is 9.73 Å². The lowest BCUT2D eigenvalue weighted by Gasteiger charge is -2.10. The Bertz CT molecular complexity index is 562. The van der Waals surface area contributed by atoms with Crippen molar-refractivity contribution in [2.75, 3.05) is 0 Å². The van der Waals surface area contributed by atoms with Gasteiger partial charge in [0.05, 0.1) is 17.2 Å². The lowest BCUT2D eigenvalue weighted by molar-refractivity contribution is 0.0939. The smallest absolute Gasteiger partial charge is 0.261 e. The topological polar surface area (TPSA) is 42.2 Å². The third-order valence-electron chi connectivity index (χ3n) is 3.79. The minimum Gasteiger partial charge on any atom is -0.467 e. The second-order valence-corrected chi connectivity index (χ2v) is 6.47. The summed E-state index contributed by atoms with van der Waals surface area (Å²) in [5, 5.41) is 3.00. The molecule has 20 heavy (non-hydrogen) atoms. The van der Waals surface area contributed by atoms with Gasteiger partial charge in [0.2, 0.25) is 0 Å². The zero-order valence-electron chi connectivity index (χ0n) is 11.6. The van der Waals surface area contributed by atoms with E-state index in [1.165, 1.54) is 29.7 Å². The summed E-state index contributed by atoms with van der Waals surface area (Å²) in [6.45, 7) is 1.94. The molecule has 0 saturated heterocycles. The van der Waals surface area contributed by atoms with Gasteiger partial charge in [0.1, 0.15) is 5.76 Å². The van der Waals surface area contributed by atoms with Crippen LogP contribution in [0.2, 0.25) is 0 Å². The van der Waals surface area contributed by atoms with Crippen molar-refractivity contribution in [1.82, 2.24) is 5.32 Å². The maximum atomic E-state index is 12.3. The van der Waals surface area contributed by atoms with Crippen molar-refractivity contribution in [3.05, 3.63) is 45.5 Å². The normalized spacial score (nSPS) is 16.2. The molecule has 0 radical (unpaired) electrons. The number of carbonyl (C=O) groups is 1. The summed E-state index contributed by atoms with van der Waals surface area (Å²) in [7, 11) is 0. The summed E-state index contributed by atoms with van der Waals surface area (Å²) in [4.78, 5) is 14.5. The Labute approximate surface area is 123 Å². The molecule has 0 saturated carbocycles. The molecule has 0 bridgehead atoms. The van der Waals surface area contributed by atoms with Crippen molar-refractivity contribution in [2.45, 2.75) is 45.1 Å². The first-order valence-electron chi connectivity index (χ1n) is 7.20. The minimum atomic E-state index is -0.0978. The molecular formula is C16H19NO2S. The number of fused-ring (bicyclic) bond motifs is 1. The molecule has 0 aliphatic heterocycles. The molecule has 3 rings (SSSR count). The van der Waals surface area contributed by atoms with Crippen molar-refractivity contribution >= 4 is 17.2 Å². The molecule has 4 heteroatoms. The fraction of sp³-hybridized carbons (Fsp3) is 0.438. The number of thiophene rings is 1. The van der Waals surface area contributed by atoms with E-state index >= 15 is 0 Å². The molecule has 1 aliphatic rings. The Balaban J connectivity index is 1.71. The molecule has 106 valence electrons. The lowest BCUT2D eigenvalue weighted by atomic mass is 10.1. The summed E-state index contributed by atoms with van der Waals surface area (Å²) in [6.07, 6.45) is 7.67. The molecule has 0 fully saturated rings. The third-order valence-corrected chi connectivity index (χ3v) is 5.02. The van der Waals surface area contributed by atoms with Crippen LogP contribution in [0.25, 0.3) is 0 Å². The Kier molecular flexibility index (Phi) is 3.92. The number of aryl methyl sites for hydroxylation is 2. The Hall–Kier alpha value is -1.55. The molecule has 3 nitrogen and oxygen atoms in total. The highest BCUT2D eigenvalue weighted by molar-refractivity contribution is 7.14. The predicted octanol–water partition coefficient (Wildman–Crippen LogP) is 4.10. The quantitative estimate of drug-likeness (QED) is 0.864. The van der Waals surface area contributed by atoms with Crippen molar-refractivity contribution in [2.24, 2.45) is 0 Å². The van der Waals surface area contributed by atoms with Crippen LogP contribution in [0.4, 0.5) is 0 Å². The van der Waals surface area contributed by atoms with Crippen molar-refractivity contribution in [1.29, 1.82) is 0 Å². The number of carbonyl (C=O) groups excluding carboxylic acids is 1. The summed E-state index contributed by atoms with van der Waals surface area (Å²) < 4.78 is 5.32. The zero-order valence-corrected chi connectivity index (χ0v) is 12.5. The molecule has 0 aromatic carbocycles. The number of amides is 1. The highest BCUT2D eigenvalue weighted by Crippen LogP contribution is 2.29. The van der Waals surface area contributed by atoms with E-state index in [1.54, 1.807) is 17.6 Å². The molecule has 0 unspecified atom stereocenters. The van der Waals surface area contributed by atoms with Gasteiger partial charge in [-0.25, -0.2) is 0 Å². The highest BCUT2D eigenvalue weighted by atomic mass is 32.1. The third kappa shape index (κ3) is 2.80. The molecule has 1 aliphatic carbocycles. The van der Waals surface area contributed by atoms with E-state index in [0.29, 0.717) is 0 Å². The second kappa shape index (κ2) is 5.83. The molecular weight excluding hydrogens is 270 g/mol. The average Bonchev–Trinajstić information content (AvgIpc) is 3.05. The molecule has 1 amide bonds. The van der Waals surface area contributed by atoms with Crippen molar-refractivity contribution in [3.63, 3.8) is 0 Å². The van der Waals surface area contributed by atoms with Crippen LogP contribution in [-0.2, 0) is 12.8 Å².